The van der Waals surface area contributed by atoms with Gasteiger partial charge in [-0.25, -0.2) is 0 Å². The van der Waals surface area contributed by atoms with Crippen LogP contribution in [0.4, 0.5) is 5.13 Å². The Kier molecular flexibility index (Phi) is 6.52. The number of carbonyl (C=O) groups excluding carboxylic acids is 2. The van der Waals surface area contributed by atoms with Gasteiger partial charge in [0.25, 0.3) is 0 Å². The van der Waals surface area contributed by atoms with E-state index < -0.39 is 0 Å². The molecule has 2 aromatic rings. The number of piperazine rings is 1. The SMILES string of the molecule is CCc1nnc(NC(=O)CCN2CCN(Cc3ccccc3)C(=O)C2C)s1. The topological polar surface area (TPSA) is 78.4 Å². The molecule has 0 saturated carbocycles. The van der Waals surface area contributed by atoms with Crippen LogP contribution in [0.15, 0.2) is 30.3 Å². The number of rotatable bonds is 7. The lowest BCUT2D eigenvalue weighted by atomic mass is 10.1. The van der Waals surface area contributed by atoms with Gasteiger partial charge in [-0.05, 0) is 18.9 Å². The average molecular weight is 388 g/mol. The zero-order valence-corrected chi connectivity index (χ0v) is 16.5. The Morgan fingerprint density at radius 1 is 1.26 bits per heavy atom. The van der Waals surface area contributed by atoms with Gasteiger partial charge in [-0.15, -0.1) is 10.2 Å². The van der Waals surface area contributed by atoms with Crippen molar-refractivity contribution in [2.75, 3.05) is 25.0 Å². The van der Waals surface area contributed by atoms with E-state index in [1.807, 2.05) is 49.1 Å². The maximum absolute atomic E-state index is 12.7. The number of carbonyl (C=O) groups is 2. The Hall–Kier alpha value is -2.32. The van der Waals surface area contributed by atoms with Crippen LogP contribution in [0.2, 0.25) is 0 Å². The van der Waals surface area contributed by atoms with Crippen LogP contribution < -0.4 is 5.32 Å². The number of aryl methyl sites for hydroxylation is 1. The van der Waals surface area contributed by atoms with E-state index in [4.69, 9.17) is 0 Å². The van der Waals surface area contributed by atoms with Crippen LogP contribution in [-0.2, 0) is 22.6 Å². The predicted molar refractivity (Wildman–Crippen MR) is 105 cm³/mol. The molecule has 0 aliphatic carbocycles. The number of amides is 2. The number of nitrogens with zero attached hydrogens (tertiary/aromatic N) is 4. The smallest absolute Gasteiger partial charge is 0.239 e. The number of aromatic nitrogens is 2. The van der Waals surface area contributed by atoms with Crippen LogP contribution in [0, 0.1) is 0 Å². The first-order valence-electron chi connectivity index (χ1n) is 9.25. The first-order valence-corrected chi connectivity index (χ1v) is 10.1. The van der Waals surface area contributed by atoms with Crippen molar-refractivity contribution >= 4 is 28.3 Å². The highest BCUT2D eigenvalue weighted by Crippen LogP contribution is 2.17. The molecular formula is C19H25N5O2S. The van der Waals surface area contributed by atoms with Gasteiger partial charge < -0.3 is 10.2 Å². The van der Waals surface area contributed by atoms with E-state index in [1.54, 1.807) is 0 Å². The van der Waals surface area contributed by atoms with Gasteiger partial charge in [-0.1, -0.05) is 48.6 Å². The van der Waals surface area contributed by atoms with Gasteiger partial charge in [-0.2, -0.15) is 0 Å². The molecule has 1 aromatic heterocycles. The molecular weight excluding hydrogens is 362 g/mol. The molecule has 1 atom stereocenters. The Labute approximate surface area is 163 Å². The van der Waals surface area contributed by atoms with Crippen molar-refractivity contribution in [2.24, 2.45) is 0 Å². The highest BCUT2D eigenvalue weighted by atomic mass is 32.1. The highest BCUT2D eigenvalue weighted by molar-refractivity contribution is 7.15. The summed E-state index contributed by atoms with van der Waals surface area (Å²) >= 11 is 1.40. The minimum absolute atomic E-state index is 0.0971. The maximum Gasteiger partial charge on any atom is 0.239 e. The van der Waals surface area contributed by atoms with Gasteiger partial charge in [0.1, 0.15) is 5.01 Å². The van der Waals surface area contributed by atoms with Gasteiger partial charge in [-0.3, -0.25) is 14.5 Å². The first kappa shape index (κ1) is 19.4. The monoisotopic (exact) mass is 387 g/mol. The van der Waals surface area contributed by atoms with Crippen molar-refractivity contribution in [2.45, 2.75) is 39.3 Å². The van der Waals surface area contributed by atoms with E-state index in [1.165, 1.54) is 11.3 Å². The zero-order valence-electron chi connectivity index (χ0n) is 15.7. The van der Waals surface area contributed by atoms with E-state index in [0.717, 1.165) is 23.5 Å². The summed E-state index contributed by atoms with van der Waals surface area (Å²) in [6.07, 6.45) is 1.14. The van der Waals surface area contributed by atoms with Crippen molar-refractivity contribution in [1.82, 2.24) is 20.0 Å². The molecule has 1 aliphatic heterocycles. The van der Waals surface area contributed by atoms with Gasteiger partial charge in [0.15, 0.2) is 0 Å². The molecule has 0 bridgehead atoms. The summed E-state index contributed by atoms with van der Waals surface area (Å²) in [5.74, 6) is 0.0161. The second-order valence-corrected chi connectivity index (χ2v) is 7.67. The van der Waals surface area contributed by atoms with Crippen LogP contribution in [0.5, 0.6) is 0 Å². The van der Waals surface area contributed by atoms with E-state index in [-0.39, 0.29) is 17.9 Å². The highest BCUT2D eigenvalue weighted by Gasteiger charge is 2.31. The van der Waals surface area contributed by atoms with Gasteiger partial charge in [0.2, 0.25) is 16.9 Å². The fourth-order valence-electron chi connectivity index (χ4n) is 3.11. The van der Waals surface area contributed by atoms with Crippen LogP contribution in [0.25, 0.3) is 0 Å². The fourth-order valence-corrected chi connectivity index (χ4v) is 3.81. The lowest BCUT2D eigenvalue weighted by molar-refractivity contribution is -0.142. The molecule has 1 aliphatic rings. The van der Waals surface area contributed by atoms with Crippen LogP contribution in [0.3, 0.4) is 0 Å². The van der Waals surface area contributed by atoms with E-state index in [0.29, 0.717) is 31.2 Å². The molecule has 7 nitrogen and oxygen atoms in total. The Bertz CT molecular complexity index is 779. The van der Waals surface area contributed by atoms with Crippen molar-refractivity contribution in [3.05, 3.63) is 40.9 Å². The molecule has 0 spiro atoms. The fraction of sp³-hybridized carbons (Fsp3) is 0.474. The molecule has 8 heteroatoms. The molecule has 144 valence electrons. The molecule has 2 amide bonds. The van der Waals surface area contributed by atoms with Gasteiger partial charge in [0.05, 0.1) is 6.04 Å². The Morgan fingerprint density at radius 2 is 2.04 bits per heavy atom. The summed E-state index contributed by atoms with van der Waals surface area (Å²) < 4.78 is 0. The molecule has 1 fully saturated rings. The molecule has 1 saturated heterocycles. The lowest BCUT2D eigenvalue weighted by Crippen LogP contribution is -2.55. The third kappa shape index (κ3) is 5.11. The van der Waals surface area contributed by atoms with Crippen LogP contribution in [0.1, 0.15) is 30.8 Å². The minimum atomic E-state index is -0.219. The van der Waals surface area contributed by atoms with Crippen molar-refractivity contribution < 1.29 is 9.59 Å². The Balaban J connectivity index is 1.47. The molecule has 3 rings (SSSR count). The number of benzene rings is 1. The second-order valence-electron chi connectivity index (χ2n) is 6.61. The molecule has 27 heavy (non-hydrogen) atoms. The third-order valence-electron chi connectivity index (χ3n) is 4.73. The van der Waals surface area contributed by atoms with E-state index in [2.05, 4.69) is 20.4 Å². The van der Waals surface area contributed by atoms with Gasteiger partial charge in [0, 0.05) is 32.6 Å². The standard InChI is InChI=1S/C19H25N5O2S/c1-3-17-21-22-19(27-17)20-16(25)9-10-23-11-12-24(18(26)14(23)2)13-15-7-5-4-6-8-15/h4-8,14H,3,9-13H2,1-2H3,(H,20,22,25). The molecule has 1 unspecified atom stereocenters. The predicted octanol–water partition coefficient (Wildman–Crippen LogP) is 2.16. The minimum Gasteiger partial charge on any atom is -0.336 e. The summed E-state index contributed by atoms with van der Waals surface area (Å²) in [5, 5.41) is 12.2. The van der Waals surface area contributed by atoms with Crippen LogP contribution >= 0.6 is 11.3 Å². The normalized spacial score (nSPS) is 17.9. The largest absolute Gasteiger partial charge is 0.336 e. The van der Waals surface area contributed by atoms with Crippen molar-refractivity contribution in [1.29, 1.82) is 0 Å². The summed E-state index contributed by atoms with van der Waals surface area (Å²) in [6.45, 7) is 6.55. The lowest BCUT2D eigenvalue weighted by Gasteiger charge is -2.39. The summed E-state index contributed by atoms with van der Waals surface area (Å²) in [7, 11) is 0. The number of hydrogen-bond donors (Lipinski definition) is 1. The quantitative estimate of drug-likeness (QED) is 0.788. The molecule has 0 radical (unpaired) electrons. The summed E-state index contributed by atoms with van der Waals surface area (Å²) in [4.78, 5) is 28.8. The first-order chi connectivity index (χ1) is 13.1. The maximum atomic E-state index is 12.7. The van der Waals surface area contributed by atoms with E-state index in [9.17, 15) is 9.59 Å². The van der Waals surface area contributed by atoms with Crippen LogP contribution in [-0.4, -0.2) is 57.5 Å². The summed E-state index contributed by atoms with van der Waals surface area (Å²) in [6, 6.07) is 9.79. The Morgan fingerprint density at radius 3 is 2.74 bits per heavy atom. The third-order valence-corrected chi connectivity index (χ3v) is 5.71. The zero-order chi connectivity index (χ0) is 19.2. The van der Waals surface area contributed by atoms with Crippen molar-refractivity contribution in [3.8, 4) is 0 Å². The second kappa shape index (κ2) is 9.05. The van der Waals surface area contributed by atoms with E-state index >= 15 is 0 Å². The molecule has 1 N–H and O–H groups in total. The summed E-state index contributed by atoms with van der Waals surface area (Å²) in [5.41, 5.74) is 1.13. The number of nitrogens with one attached hydrogen (secondary N) is 1. The number of anilines is 1. The average Bonchev–Trinajstić information content (AvgIpc) is 3.13. The molecule has 2 heterocycles. The van der Waals surface area contributed by atoms with Crippen molar-refractivity contribution in [3.63, 3.8) is 0 Å². The number of hydrogen-bond acceptors (Lipinski definition) is 6. The molecule has 1 aromatic carbocycles. The van der Waals surface area contributed by atoms with Gasteiger partial charge >= 0.3 is 0 Å².